The van der Waals surface area contributed by atoms with E-state index in [2.05, 4.69) is 10.6 Å². The lowest BCUT2D eigenvalue weighted by molar-refractivity contribution is -0.138. The standard InChI is InChI=1S/C20H27F3N2O2.ClH/c1-18(2,3)27-14-5-4-13(15(10-14)20(21,22)23)12-25-17(26)16-11-19(16)6-8-24-9-7-19;/h4-5,10,16,24H,6-9,11-12H2,1-3H3,(H,25,26);1H. The van der Waals surface area contributed by atoms with E-state index >= 15 is 0 Å². The second kappa shape index (κ2) is 8.11. The van der Waals surface area contributed by atoms with Gasteiger partial charge in [0.15, 0.2) is 0 Å². The molecule has 2 fully saturated rings. The lowest BCUT2D eigenvalue weighted by Crippen LogP contribution is -2.33. The van der Waals surface area contributed by atoms with Crippen LogP contribution in [-0.4, -0.2) is 24.6 Å². The minimum absolute atomic E-state index is 0. The third-order valence-corrected chi connectivity index (χ3v) is 5.37. The normalized spacial score (nSPS) is 21.0. The highest BCUT2D eigenvalue weighted by Crippen LogP contribution is 2.58. The van der Waals surface area contributed by atoms with Crippen LogP contribution in [0.5, 0.6) is 5.75 Å². The number of halogens is 4. The van der Waals surface area contributed by atoms with E-state index in [4.69, 9.17) is 4.74 Å². The Kier molecular flexibility index (Phi) is 6.61. The number of ether oxygens (including phenoxy) is 1. The zero-order valence-corrected chi connectivity index (χ0v) is 17.2. The highest BCUT2D eigenvalue weighted by atomic mass is 35.5. The van der Waals surface area contributed by atoms with Crippen molar-refractivity contribution in [2.75, 3.05) is 13.1 Å². The molecule has 1 saturated heterocycles. The van der Waals surface area contributed by atoms with Crippen LogP contribution in [-0.2, 0) is 17.5 Å². The molecule has 1 heterocycles. The van der Waals surface area contributed by atoms with Crippen LogP contribution in [0.3, 0.4) is 0 Å². The Morgan fingerprint density at radius 3 is 2.46 bits per heavy atom. The van der Waals surface area contributed by atoms with Crippen molar-refractivity contribution in [2.45, 2.75) is 58.4 Å². The first-order valence-electron chi connectivity index (χ1n) is 9.38. The van der Waals surface area contributed by atoms with Gasteiger partial charge in [-0.25, -0.2) is 0 Å². The van der Waals surface area contributed by atoms with Crippen LogP contribution in [0.25, 0.3) is 0 Å². The Bertz CT molecular complexity index is 710. The van der Waals surface area contributed by atoms with E-state index in [1.165, 1.54) is 12.1 Å². The summed E-state index contributed by atoms with van der Waals surface area (Å²) in [4.78, 5) is 12.4. The fourth-order valence-corrected chi connectivity index (χ4v) is 3.89. The van der Waals surface area contributed by atoms with Crippen LogP contribution >= 0.6 is 12.4 Å². The topological polar surface area (TPSA) is 50.4 Å². The van der Waals surface area contributed by atoms with Gasteiger partial charge < -0.3 is 15.4 Å². The van der Waals surface area contributed by atoms with Crippen molar-refractivity contribution in [3.8, 4) is 5.75 Å². The average Bonchev–Trinajstić information content (AvgIpc) is 3.24. The van der Waals surface area contributed by atoms with E-state index in [-0.39, 0.29) is 47.5 Å². The molecule has 1 aromatic rings. The van der Waals surface area contributed by atoms with Crippen LogP contribution < -0.4 is 15.4 Å². The number of alkyl halides is 3. The van der Waals surface area contributed by atoms with Crippen LogP contribution in [0.15, 0.2) is 18.2 Å². The zero-order chi connectivity index (χ0) is 19.9. The van der Waals surface area contributed by atoms with Gasteiger partial charge in [0, 0.05) is 12.5 Å². The molecule has 0 radical (unpaired) electrons. The number of carbonyl (C=O) groups is 1. The number of rotatable bonds is 4. The summed E-state index contributed by atoms with van der Waals surface area (Å²) in [6, 6.07) is 3.92. The molecule has 28 heavy (non-hydrogen) atoms. The number of benzene rings is 1. The summed E-state index contributed by atoms with van der Waals surface area (Å²) < 4.78 is 45.9. The van der Waals surface area contributed by atoms with Crippen molar-refractivity contribution in [1.82, 2.24) is 10.6 Å². The number of carbonyl (C=O) groups excluding carboxylic acids is 1. The summed E-state index contributed by atoms with van der Waals surface area (Å²) in [7, 11) is 0. The van der Waals surface area contributed by atoms with Gasteiger partial charge in [-0.2, -0.15) is 13.2 Å². The lowest BCUT2D eigenvalue weighted by Gasteiger charge is -2.24. The van der Waals surface area contributed by atoms with Crippen molar-refractivity contribution in [3.05, 3.63) is 29.3 Å². The van der Waals surface area contributed by atoms with E-state index in [0.29, 0.717) is 0 Å². The number of hydrogen-bond acceptors (Lipinski definition) is 3. The fraction of sp³-hybridized carbons (Fsp3) is 0.650. The van der Waals surface area contributed by atoms with Gasteiger partial charge >= 0.3 is 6.18 Å². The predicted octanol–water partition coefficient (Wildman–Crippen LogP) is 4.31. The molecule has 2 aliphatic rings. The smallest absolute Gasteiger partial charge is 0.416 e. The van der Waals surface area contributed by atoms with Crippen LogP contribution in [0.4, 0.5) is 13.2 Å². The van der Waals surface area contributed by atoms with Gasteiger partial charge in [0.25, 0.3) is 0 Å². The first kappa shape index (κ1) is 22.8. The quantitative estimate of drug-likeness (QED) is 0.763. The molecule has 1 aliphatic carbocycles. The largest absolute Gasteiger partial charge is 0.488 e. The molecule has 1 atom stereocenters. The molecule has 158 valence electrons. The Balaban J connectivity index is 0.00000280. The van der Waals surface area contributed by atoms with Crippen molar-refractivity contribution in [1.29, 1.82) is 0 Å². The molecule has 0 aromatic heterocycles. The summed E-state index contributed by atoms with van der Waals surface area (Å²) >= 11 is 0. The number of piperidine rings is 1. The average molecular weight is 421 g/mol. The number of amides is 1. The maximum atomic E-state index is 13.5. The van der Waals surface area contributed by atoms with Crippen molar-refractivity contribution < 1.29 is 22.7 Å². The van der Waals surface area contributed by atoms with E-state index in [0.717, 1.165) is 38.4 Å². The molecule has 3 rings (SSSR count). The number of hydrogen-bond donors (Lipinski definition) is 2. The van der Waals surface area contributed by atoms with Crippen LogP contribution in [0.1, 0.15) is 51.2 Å². The summed E-state index contributed by atoms with van der Waals surface area (Å²) in [6.07, 6.45) is -1.76. The van der Waals surface area contributed by atoms with E-state index in [9.17, 15) is 18.0 Å². The molecule has 0 bridgehead atoms. The van der Waals surface area contributed by atoms with Crippen LogP contribution in [0.2, 0.25) is 0 Å². The molecule has 8 heteroatoms. The minimum atomic E-state index is -4.51. The van der Waals surface area contributed by atoms with Crippen LogP contribution in [0, 0.1) is 11.3 Å². The highest BCUT2D eigenvalue weighted by molar-refractivity contribution is 5.85. The molecule has 4 nitrogen and oxygen atoms in total. The maximum Gasteiger partial charge on any atom is 0.416 e. The van der Waals surface area contributed by atoms with Crippen molar-refractivity contribution >= 4 is 18.3 Å². The zero-order valence-electron chi connectivity index (χ0n) is 16.4. The van der Waals surface area contributed by atoms with Crippen molar-refractivity contribution in [3.63, 3.8) is 0 Å². The van der Waals surface area contributed by atoms with Gasteiger partial charge in [-0.3, -0.25) is 4.79 Å². The summed E-state index contributed by atoms with van der Waals surface area (Å²) in [6.45, 7) is 7.00. The monoisotopic (exact) mass is 420 g/mol. The Morgan fingerprint density at radius 1 is 1.25 bits per heavy atom. The third-order valence-electron chi connectivity index (χ3n) is 5.37. The molecular weight excluding hydrogens is 393 g/mol. The van der Waals surface area contributed by atoms with Gasteiger partial charge in [0.05, 0.1) is 5.56 Å². The summed E-state index contributed by atoms with van der Waals surface area (Å²) in [5.41, 5.74) is -1.24. The fourth-order valence-electron chi connectivity index (χ4n) is 3.89. The second-order valence-corrected chi connectivity index (χ2v) is 8.62. The highest BCUT2D eigenvalue weighted by Gasteiger charge is 2.57. The Morgan fingerprint density at radius 2 is 1.89 bits per heavy atom. The molecule has 1 unspecified atom stereocenters. The first-order chi connectivity index (χ1) is 12.5. The maximum absolute atomic E-state index is 13.5. The SMILES string of the molecule is CC(C)(C)Oc1ccc(CNC(=O)C2CC23CCNCC3)c(C(F)(F)F)c1.Cl. The van der Waals surface area contributed by atoms with Gasteiger partial charge in [-0.1, -0.05) is 6.07 Å². The van der Waals surface area contributed by atoms with Gasteiger partial charge in [0.2, 0.25) is 5.91 Å². The molecule has 1 spiro atoms. The van der Waals surface area contributed by atoms with E-state index < -0.39 is 17.3 Å². The van der Waals surface area contributed by atoms with Gasteiger partial charge in [-0.15, -0.1) is 12.4 Å². The molecule has 1 saturated carbocycles. The second-order valence-electron chi connectivity index (χ2n) is 8.62. The molecule has 2 N–H and O–H groups in total. The minimum Gasteiger partial charge on any atom is -0.488 e. The Hall–Kier alpha value is -1.47. The lowest BCUT2D eigenvalue weighted by atomic mass is 9.92. The van der Waals surface area contributed by atoms with Gasteiger partial charge in [-0.05, 0) is 76.2 Å². The number of nitrogens with one attached hydrogen (secondary N) is 2. The summed E-state index contributed by atoms with van der Waals surface area (Å²) in [5, 5.41) is 5.99. The molecule has 1 aromatic carbocycles. The predicted molar refractivity (Wildman–Crippen MR) is 104 cm³/mol. The third kappa shape index (κ3) is 5.32. The Labute approximate surface area is 170 Å². The molecule has 1 aliphatic heterocycles. The van der Waals surface area contributed by atoms with E-state index in [1.807, 2.05) is 0 Å². The first-order valence-corrected chi connectivity index (χ1v) is 9.38. The molecular formula is C20H28ClF3N2O2. The van der Waals surface area contributed by atoms with E-state index in [1.54, 1.807) is 20.8 Å². The van der Waals surface area contributed by atoms with Crippen molar-refractivity contribution in [2.24, 2.45) is 11.3 Å². The van der Waals surface area contributed by atoms with Gasteiger partial charge in [0.1, 0.15) is 11.4 Å². The molecule has 1 amide bonds. The summed E-state index contributed by atoms with van der Waals surface area (Å²) in [5.74, 6) is -0.0433.